The van der Waals surface area contributed by atoms with Gasteiger partial charge in [0.25, 0.3) is 0 Å². The van der Waals surface area contributed by atoms with Crippen LogP contribution in [0.5, 0.6) is 0 Å². The number of hydrogen-bond acceptors (Lipinski definition) is 6. The van der Waals surface area contributed by atoms with E-state index in [1.807, 2.05) is 6.07 Å². The third kappa shape index (κ3) is 6.35. The van der Waals surface area contributed by atoms with Crippen LogP contribution in [0.25, 0.3) is 0 Å². The average Bonchev–Trinajstić information content (AvgIpc) is 2.42. The van der Waals surface area contributed by atoms with E-state index in [0.717, 1.165) is 44.0 Å². The van der Waals surface area contributed by atoms with Gasteiger partial charge < -0.3 is 20.5 Å². The number of ether oxygens (including phenoxy) is 1. The molecule has 0 bridgehead atoms. The predicted molar refractivity (Wildman–Crippen MR) is 76.3 cm³/mol. The first-order valence-electron chi connectivity index (χ1n) is 6.75. The fraction of sp³-hybridized carbons (Fsp3) is 0.692. The standard InChI is InChI=1S/C13H24N4O2/c1-3-6-14-11-9-12(15-7-4-5-8-18)17-13(16-11)10-19-2/h9,18H,3-8,10H2,1-2H3,(H2,14,15,16,17). The Balaban J connectivity index is 2.63. The van der Waals surface area contributed by atoms with Crippen LogP contribution in [0.15, 0.2) is 6.07 Å². The minimum atomic E-state index is 0.226. The zero-order valence-corrected chi connectivity index (χ0v) is 11.8. The molecule has 0 aliphatic rings. The van der Waals surface area contributed by atoms with Gasteiger partial charge in [-0.05, 0) is 19.3 Å². The van der Waals surface area contributed by atoms with E-state index in [2.05, 4.69) is 27.5 Å². The molecule has 0 aliphatic carbocycles. The zero-order chi connectivity index (χ0) is 13.9. The van der Waals surface area contributed by atoms with Crippen LogP contribution in [0.1, 0.15) is 32.0 Å². The molecular weight excluding hydrogens is 244 g/mol. The second kappa shape index (κ2) is 9.52. The summed E-state index contributed by atoms with van der Waals surface area (Å²) in [5, 5.41) is 15.2. The van der Waals surface area contributed by atoms with Crippen molar-refractivity contribution in [3.63, 3.8) is 0 Å². The third-order valence-electron chi connectivity index (χ3n) is 2.49. The second-order valence-corrected chi connectivity index (χ2v) is 4.27. The Morgan fingerprint density at radius 1 is 1.16 bits per heavy atom. The van der Waals surface area contributed by atoms with Crippen molar-refractivity contribution in [2.45, 2.75) is 32.8 Å². The molecule has 1 rings (SSSR count). The summed E-state index contributed by atoms with van der Waals surface area (Å²) in [6.45, 7) is 4.40. The number of aliphatic hydroxyl groups is 1. The van der Waals surface area contributed by atoms with Crippen LogP contribution in [0.2, 0.25) is 0 Å². The van der Waals surface area contributed by atoms with Gasteiger partial charge >= 0.3 is 0 Å². The molecule has 3 N–H and O–H groups in total. The van der Waals surface area contributed by atoms with Crippen molar-refractivity contribution in [1.29, 1.82) is 0 Å². The molecule has 0 atom stereocenters. The highest BCUT2D eigenvalue weighted by atomic mass is 16.5. The second-order valence-electron chi connectivity index (χ2n) is 4.27. The van der Waals surface area contributed by atoms with Gasteiger partial charge in [0, 0.05) is 32.9 Å². The maximum atomic E-state index is 8.74. The van der Waals surface area contributed by atoms with Crippen molar-refractivity contribution in [3.05, 3.63) is 11.9 Å². The molecular formula is C13H24N4O2. The maximum Gasteiger partial charge on any atom is 0.158 e. The molecule has 19 heavy (non-hydrogen) atoms. The molecule has 0 aromatic carbocycles. The van der Waals surface area contributed by atoms with Gasteiger partial charge in [-0.25, -0.2) is 9.97 Å². The van der Waals surface area contributed by atoms with Crippen molar-refractivity contribution in [2.24, 2.45) is 0 Å². The van der Waals surface area contributed by atoms with Crippen molar-refractivity contribution in [1.82, 2.24) is 9.97 Å². The van der Waals surface area contributed by atoms with E-state index in [-0.39, 0.29) is 6.61 Å². The Bertz CT molecular complexity index is 360. The van der Waals surface area contributed by atoms with E-state index in [4.69, 9.17) is 9.84 Å². The highest BCUT2D eigenvalue weighted by molar-refractivity contribution is 5.47. The van der Waals surface area contributed by atoms with Gasteiger partial charge in [0.15, 0.2) is 5.82 Å². The van der Waals surface area contributed by atoms with Gasteiger partial charge in [0.05, 0.1) is 0 Å². The highest BCUT2D eigenvalue weighted by Crippen LogP contribution is 2.12. The lowest BCUT2D eigenvalue weighted by Gasteiger charge is -2.10. The lowest BCUT2D eigenvalue weighted by Crippen LogP contribution is -2.10. The van der Waals surface area contributed by atoms with E-state index in [1.165, 1.54) is 0 Å². The summed E-state index contributed by atoms with van der Waals surface area (Å²) in [5.41, 5.74) is 0. The first-order valence-corrected chi connectivity index (χ1v) is 6.75. The number of nitrogens with one attached hydrogen (secondary N) is 2. The number of unbranched alkanes of at least 4 members (excludes halogenated alkanes) is 1. The molecule has 0 radical (unpaired) electrons. The third-order valence-corrected chi connectivity index (χ3v) is 2.49. The molecule has 0 saturated carbocycles. The van der Waals surface area contributed by atoms with Crippen LogP contribution in [0, 0.1) is 0 Å². The number of anilines is 2. The van der Waals surface area contributed by atoms with Gasteiger partial charge in [-0.1, -0.05) is 6.92 Å². The topological polar surface area (TPSA) is 79.3 Å². The summed E-state index contributed by atoms with van der Waals surface area (Å²) < 4.78 is 5.07. The largest absolute Gasteiger partial charge is 0.396 e. The molecule has 0 fully saturated rings. The zero-order valence-electron chi connectivity index (χ0n) is 11.8. The highest BCUT2D eigenvalue weighted by Gasteiger charge is 2.04. The van der Waals surface area contributed by atoms with Crippen LogP contribution in [0.3, 0.4) is 0 Å². The SMILES string of the molecule is CCCNc1cc(NCCCCO)nc(COC)n1. The van der Waals surface area contributed by atoms with E-state index in [0.29, 0.717) is 12.4 Å². The van der Waals surface area contributed by atoms with Crippen LogP contribution >= 0.6 is 0 Å². The van der Waals surface area contributed by atoms with Gasteiger partial charge in [-0.15, -0.1) is 0 Å². The van der Waals surface area contributed by atoms with Crippen molar-refractivity contribution >= 4 is 11.6 Å². The fourth-order valence-corrected chi connectivity index (χ4v) is 1.58. The first kappa shape index (κ1) is 15.7. The van der Waals surface area contributed by atoms with E-state index in [1.54, 1.807) is 7.11 Å². The molecule has 6 heteroatoms. The van der Waals surface area contributed by atoms with Crippen LogP contribution in [0.4, 0.5) is 11.6 Å². The molecule has 1 aromatic heterocycles. The summed E-state index contributed by atoms with van der Waals surface area (Å²) in [6.07, 6.45) is 2.75. The van der Waals surface area contributed by atoms with Gasteiger partial charge in [0.1, 0.15) is 18.2 Å². The molecule has 0 amide bonds. The van der Waals surface area contributed by atoms with E-state index >= 15 is 0 Å². The molecule has 0 spiro atoms. The molecule has 0 saturated heterocycles. The fourth-order valence-electron chi connectivity index (χ4n) is 1.58. The van der Waals surface area contributed by atoms with E-state index in [9.17, 15) is 0 Å². The van der Waals surface area contributed by atoms with Gasteiger partial charge in [-0.3, -0.25) is 0 Å². The van der Waals surface area contributed by atoms with Crippen molar-refractivity contribution < 1.29 is 9.84 Å². The monoisotopic (exact) mass is 268 g/mol. The van der Waals surface area contributed by atoms with E-state index < -0.39 is 0 Å². The molecule has 0 unspecified atom stereocenters. The van der Waals surface area contributed by atoms with Crippen LogP contribution < -0.4 is 10.6 Å². The predicted octanol–water partition coefficient (Wildman–Crippen LogP) is 1.63. The number of aliphatic hydroxyl groups excluding tert-OH is 1. The molecule has 1 heterocycles. The lowest BCUT2D eigenvalue weighted by molar-refractivity contribution is 0.178. The molecule has 108 valence electrons. The Morgan fingerprint density at radius 2 is 1.84 bits per heavy atom. The summed E-state index contributed by atoms with van der Waals surface area (Å²) in [4.78, 5) is 8.76. The van der Waals surface area contributed by atoms with Crippen LogP contribution in [-0.2, 0) is 11.3 Å². The quantitative estimate of drug-likeness (QED) is 0.560. The van der Waals surface area contributed by atoms with Crippen molar-refractivity contribution in [3.8, 4) is 0 Å². The Labute approximate surface area is 114 Å². The van der Waals surface area contributed by atoms with Gasteiger partial charge in [-0.2, -0.15) is 0 Å². The Hall–Kier alpha value is -1.40. The summed E-state index contributed by atoms with van der Waals surface area (Å²) >= 11 is 0. The lowest BCUT2D eigenvalue weighted by atomic mass is 10.3. The minimum absolute atomic E-state index is 0.226. The smallest absolute Gasteiger partial charge is 0.158 e. The number of rotatable bonds is 10. The Kier molecular flexibility index (Phi) is 7.84. The number of methoxy groups -OCH3 is 1. The number of nitrogens with zero attached hydrogens (tertiary/aromatic N) is 2. The van der Waals surface area contributed by atoms with Gasteiger partial charge in [0.2, 0.25) is 0 Å². The Morgan fingerprint density at radius 3 is 2.42 bits per heavy atom. The summed E-state index contributed by atoms with van der Waals surface area (Å²) in [5.74, 6) is 2.26. The minimum Gasteiger partial charge on any atom is -0.396 e. The average molecular weight is 268 g/mol. The first-order chi connectivity index (χ1) is 9.30. The normalized spacial score (nSPS) is 10.5. The molecule has 6 nitrogen and oxygen atoms in total. The molecule has 0 aliphatic heterocycles. The summed E-state index contributed by atoms with van der Waals surface area (Å²) in [7, 11) is 1.63. The maximum absolute atomic E-state index is 8.74. The summed E-state index contributed by atoms with van der Waals surface area (Å²) in [6, 6.07) is 1.90. The number of hydrogen-bond donors (Lipinski definition) is 3. The van der Waals surface area contributed by atoms with Crippen molar-refractivity contribution in [2.75, 3.05) is 37.4 Å². The number of aromatic nitrogens is 2. The molecule has 1 aromatic rings. The van der Waals surface area contributed by atoms with Crippen LogP contribution in [-0.4, -0.2) is 41.9 Å².